The van der Waals surface area contributed by atoms with Crippen LogP contribution in [0.5, 0.6) is 11.5 Å². The molecule has 2 aromatic carbocycles. The summed E-state index contributed by atoms with van der Waals surface area (Å²) < 4.78 is 38.9. The van der Waals surface area contributed by atoms with Crippen LogP contribution in [-0.2, 0) is 10.0 Å². The van der Waals surface area contributed by atoms with E-state index in [1.54, 1.807) is 12.1 Å². The third kappa shape index (κ3) is 5.33. The number of sulfonamides is 1. The lowest BCUT2D eigenvalue weighted by molar-refractivity contribution is 0.181. The fourth-order valence-electron chi connectivity index (χ4n) is 4.27. The minimum atomic E-state index is -3.17. The van der Waals surface area contributed by atoms with Crippen LogP contribution in [0.4, 0.5) is 0 Å². The topological polar surface area (TPSA) is 84.6 Å². The normalized spacial score (nSPS) is 16.9. The van der Waals surface area contributed by atoms with Gasteiger partial charge in [0.1, 0.15) is 11.8 Å². The van der Waals surface area contributed by atoms with Crippen LogP contribution >= 0.6 is 11.6 Å². The molecular formula is C25H28ClN3O4S. The molecular weight excluding hydrogens is 474 g/mol. The second-order valence-corrected chi connectivity index (χ2v) is 11.0. The number of aromatic nitrogens is 1. The zero-order valence-corrected chi connectivity index (χ0v) is 20.9. The van der Waals surface area contributed by atoms with Crippen LogP contribution in [0.1, 0.15) is 31.7 Å². The Hall–Kier alpha value is -2.73. The molecule has 1 aliphatic heterocycles. The predicted octanol–water partition coefficient (Wildman–Crippen LogP) is 4.99. The van der Waals surface area contributed by atoms with Gasteiger partial charge in [-0.1, -0.05) is 18.5 Å². The molecule has 9 heteroatoms. The summed E-state index contributed by atoms with van der Waals surface area (Å²) in [6.07, 6.45) is 5.81. The van der Waals surface area contributed by atoms with Crippen molar-refractivity contribution in [1.82, 2.24) is 8.87 Å². The van der Waals surface area contributed by atoms with Crippen molar-refractivity contribution >= 4 is 32.5 Å². The Kier molecular flexibility index (Phi) is 7.36. The Morgan fingerprint density at radius 1 is 1.21 bits per heavy atom. The fourth-order valence-corrected chi connectivity index (χ4v) is 5.48. The standard InChI is InChI=1S/C25H28ClN3O4S/c1-3-11-32-25-20(15-27)12-21(14-23(25)26)29-10-8-19-13-22(6-7-24(19)29)33-17-18-5-4-9-28(16-18)34(2,30)31/h6-8,10,12-14,18H,3-5,9,11,16-17H2,1-2H3/t18-/m1/s1. The van der Waals surface area contributed by atoms with Crippen molar-refractivity contribution in [2.24, 2.45) is 5.92 Å². The van der Waals surface area contributed by atoms with E-state index in [9.17, 15) is 13.7 Å². The van der Waals surface area contributed by atoms with E-state index < -0.39 is 10.0 Å². The number of ether oxygens (including phenoxy) is 2. The first-order valence-corrected chi connectivity index (χ1v) is 13.6. The van der Waals surface area contributed by atoms with Crippen LogP contribution in [-0.4, -0.2) is 49.8 Å². The Labute approximate surface area is 205 Å². The van der Waals surface area contributed by atoms with Gasteiger partial charge in [0.05, 0.1) is 35.6 Å². The molecule has 180 valence electrons. The second kappa shape index (κ2) is 10.3. The van der Waals surface area contributed by atoms with Crippen LogP contribution in [0.3, 0.4) is 0 Å². The summed E-state index contributed by atoms with van der Waals surface area (Å²) in [6.45, 7) is 4.04. The lowest BCUT2D eigenvalue weighted by atomic mass is 10.0. The average molecular weight is 502 g/mol. The average Bonchev–Trinajstić information content (AvgIpc) is 3.24. The van der Waals surface area contributed by atoms with Gasteiger partial charge in [0.25, 0.3) is 0 Å². The highest BCUT2D eigenvalue weighted by Crippen LogP contribution is 2.34. The van der Waals surface area contributed by atoms with E-state index in [0.29, 0.717) is 42.6 Å². The Morgan fingerprint density at radius 2 is 2.03 bits per heavy atom. The number of hydrogen-bond acceptors (Lipinski definition) is 5. The van der Waals surface area contributed by atoms with Gasteiger partial charge in [-0.15, -0.1) is 0 Å². The van der Waals surface area contributed by atoms with Crippen molar-refractivity contribution in [3.63, 3.8) is 0 Å². The van der Waals surface area contributed by atoms with Crippen molar-refractivity contribution in [1.29, 1.82) is 5.26 Å². The molecule has 0 N–H and O–H groups in total. The highest BCUT2D eigenvalue weighted by Gasteiger charge is 2.26. The molecule has 0 saturated carbocycles. The number of nitrogens with zero attached hydrogens (tertiary/aromatic N) is 3. The third-order valence-electron chi connectivity index (χ3n) is 5.98. The number of nitriles is 1. The first-order chi connectivity index (χ1) is 16.3. The fraction of sp³-hybridized carbons (Fsp3) is 0.400. The zero-order valence-electron chi connectivity index (χ0n) is 19.3. The van der Waals surface area contributed by atoms with E-state index in [0.717, 1.165) is 41.6 Å². The van der Waals surface area contributed by atoms with Crippen LogP contribution in [0.25, 0.3) is 16.6 Å². The third-order valence-corrected chi connectivity index (χ3v) is 7.53. The summed E-state index contributed by atoms with van der Waals surface area (Å²) in [4.78, 5) is 0. The molecule has 7 nitrogen and oxygen atoms in total. The molecule has 0 unspecified atom stereocenters. The summed E-state index contributed by atoms with van der Waals surface area (Å²) in [5, 5.41) is 11.0. The van der Waals surface area contributed by atoms with Crippen LogP contribution in [0, 0.1) is 17.2 Å². The van der Waals surface area contributed by atoms with Crippen molar-refractivity contribution in [2.75, 3.05) is 32.6 Å². The van der Waals surface area contributed by atoms with Crippen molar-refractivity contribution in [2.45, 2.75) is 26.2 Å². The van der Waals surface area contributed by atoms with Gasteiger partial charge in [-0.2, -0.15) is 5.26 Å². The first kappa shape index (κ1) is 24.4. The monoisotopic (exact) mass is 501 g/mol. The van der Waals surface area contributed by atoms with E-state index in [4.69, 9.17) is 21.1 Å². The van der Waals surface area contributed by atoms with E-state index >= 15 is 0 Å². The number of benzene rings is 2. The number of piperidine rings is 1. The quantitative estimate of drug-likeness (QED) is 0.434. The maximum absolute atomic E-state index is 11.8. The van der Waals surface area contributed by atoms with Gasteiger partial charge in [-0.05, 0) is 55.7 Å². The van der Waals surface area contributed by atoms with Crippen LogP contribution in [0.15, 0.2) is 42.6 Å². The van der Waals surface area contributed by atoms with Gasteiger partial charge in [-0.3, -0.25) is 0 Å². The van der Waals surface area contributed by atoms with Crippen LogP contribution < -0.4 is 9.47 Å². The van der Waals surface area contributed by atoms with Crippen molar-refractivity contribution < 1.29 is 17.9 Å². The van der Waals surface area contributed by atoms with E-state index in [1.165, 1.54) is 10.6 Å². The van der Waals surface area contributed by atoms with Crippen molar-refractivity contribution in [3.05, 3.63) is 53.2 Å². The Balaban J connectivity index is 1.52. The highest BCUT2D eigenvalue weighted by molar-refractivity contribution is 7.88. The van der Waals surface area contributed by atoms with Gasteiger partial charge in [0.2, 0.25) is 10.0 Å². The molecule has 3 aromatic rings. The summed E-state index contributed by atoms with van der Waals surface area (Å²) >= 11 is 6.45. The number of halogens is 1. The van der Waals surface area contributed by atoms with E-state index in [2.05, 4.69) is 6.07 Å². The Bertz CT molecular complexity index is 1330. The largest absolute Gasteiger partial charge is 0.493 e. The minimum Gasteiger partial charge on any atom is -0.493 e. The molecule has 1 fully saturated rings. The molecule has 1 aromatic heterocycles. The minimum absolute atomic E-state index is 0.170. The summed E-state index contributed by atoms with van der Waals surface area (Å²) in [5.74, 6) is 1.32. The second-order valence-electron chi connectivity index (χ2n) is 8.61. The summed E-state index contributed by atoms with van der Waals surface area (Å²) in [7, 11) is -3.17. The SMILES string of the molecule is CCCOc1c(Cl)cc(-n2ccc3cc(OC[C@@H]4CCCN(S(C)(=O)=O)C4)ccc32)cc1C#N. The first-order valence-electron chi connectivity index (χ1n) is 11.4. The van der Waals surface area contributed by atoms with Gasteiger partial charge >= 0.3 is 0 Å². The van der Waals surface area contributed by atoms with Gasteiger partial charge in [-0.25, -0.2) is 12.7 Å². The molecule has 1 aliphatic rings. The van der Waals surface area contributed by atoms with E-state index in [-0.39, 0.29) is 5.92 Å². The molecule has 0 aliphatic carbocycles. The molecule has 4 rings (SSSR count). The molecule has 2 heterocycles. The van der Waals surface area contributed by atoms with Gasteiger partial charge in [0.15, 0.2) is 5.75 Å². The zero-order chi connectivity index (χ0) is 24.3. The molecule has 1 atom stereocenters. The number of rotatable bonds is 8. The molecule has 0 bridgehead atoms. The highest BCUT2D eigenvalue weighted by atomic mass is 35.5. The van der Waals surface area contributed by atoms with Crippen molar-refractivity contribution in [3.8, 4) is 23.3 Å². The maximum atomic E-state index is 11.8. The number of fused-ring (bicyclic) bond motifs is 1. The van der Waals surface area contributed by atoms with Gasteiger partial charge in [0, 0.05) is 36.3 Å². The summed E-state index contributed by atoms with van der Waals surface area (Å²) in [6, 6.07) is 13.6. The maximum Gasteiger partial charge on any atom is 0.211 e. The molecule has 0 radical (unpaired) electrons. The number of hydrogen-bond donors (Lipinski definition) is 0. The van der Waals surface area contributed by atoms with E-state index in [1.807, 2.05) is 42.0 Å². The Morgan fingerprint density at radius 3 is 2.76 bits per heavy atom. The molecule has 1 saturated heterocycles. The lowest BCUT2D eigenvalue weighted by Gasteiger charge is -2.30. The molecule has 0 amide bonds. The summed E-state index contributed by atoms with van der Waals surface area (Å²) in [5.41, 5.74) is 2.13. The molecule has 34 heavy (non-hydrogen) atoms. The lowest BCUT2D eigenvalue weighted by Crippen LogP contribution is -2.40. The smallest absolute Gasteiger partial charge is 0.211 e. The molecule has 0 spiro atoms. The van der Waals surface area contributed by atoms with Crippen LogP contribution in [0.2, 0.25) is 5.02 Å². The predicted molar refractivity (Wildman–Crippen MR) is 133 cm³/mol. The van der Waals surface area contributed by atoms with Gasteiger partial charge < -0.3 is 14.0 Å².